The lowest BCUT2D eigenvalue weighted by Crippen LogP contribution is -2.44. The summed E-state index contributed by atoms with van der Waals surface area (Å²) in [5.74, 6) is -0.671. The second-order valence-electron chi connectivity index (χ2n) is 5.42. The number of hydrogen-bond donors (Lipinski definition) is 1. The Morgan fingerprint density at radius 2 is 1.95 bits per heavy atom. The Labute approximate surface area is 115 Å². The minimum Gasteiger partial charge on any atom is -0.480 e. The van der Waals surface area contributed by atoms with Gasteiger partial charge in [0.1, 0.15) is 6.04 Å². The van der Waals surface area contributed by atoms with Crippen LogP contribution in [0.15, 0.2) is 24.3 Å². The number of benzene rings is 1. The highest BCUT2D eigenvalue weighted by Gasteiger charge is 2.26. The van der Waals surface area contributed by atoms with Crippen LogP contribution in [-0.2, 0) is 11.2 Å². The van der Waals surface area contributed by atoms with Crippen LogP contribution in [-0.4, -0.2) is 35.1 Å². The van der Waals surface area contributed by atoms with Gasteiger partial charge in [0.25, 0.3) is 0 Å². The summed E-state index contributed by atoms with van der Waals surface area (Å²) < 4.78 is 0. The zero-order valence-corrected chi connectivity index (χ0v) is 11.6. The average molecular weight is 261 g/mol. The minimum absolute atomic E-state index is 0.320. The zero-order chi connectivity index (χ0) is 13.7. The molecule has 1 aromatic rings. The zero-order valence-electron chi connectivity index (χ0n) is 11.6. The first-order valence-electron chi connectivity index (χ1n) is 7.20. The lowest BCUT2D eigenvalue weighted by molar-refractivity contribution is -0.144. The Kier molecular flexibility index (Phi) is 4.97. The van der Waals surface area contributed by atoms with Crippen LogP contribution in [0.4, 0.5) is 0 Å². The Bertz CT molecular complexity index is 425. The fraction of sp³-hybridized carbons (Fsp3) is 0.562. The van der Waals surface area contributed by atoms with E-state index in [2.05, 4.69) is 24.0 Å². The molecular formula is C16H23NO2. The van der Waals surface area contributed by atoms with Gasteiger partial charge in [0.2, 0.25) is 0 Å². The van der Waals surface area contributed by atoms with Crippen molar-refractivity contribution >= 4 is 5.97 Å². The van der Waals surface area contributed by atoms with Crippen molar-refractivity contribution in [2.45, 2.75) is 45.1 Å². The predicted octanol–water partition coefficient (Wildman–Crippen LogP) is 2.87. The van der Waals surface area contributed by atoms with Crippen LogP contribution < -0.4 is 0 Å². The second kappa shape index (κ2) is 6.71. The van der Waals surface area contributed by atoms with E-state index in [4.69, 9.17) is 0 Å². The summed E-state index contributed by atoms with van der Waals surface area (Å²) in [5, 5.41) is 9.43. The molecule has 1 aromatic carbocycles. The fourth-order valence-corrected chi connectivity index (χ4v) is 2.88. The van der Waals surface area contributed by atoms with E-state index in [9.17, 15) is 9.90 Å². The number of aryl methyl sites for hydroxylation is 2. The number of nitrogens with zero attached hydrogens (tertiary/aromatic N) is 1. The van der Waals surface area contributed by atoms with Gasteiger partial charge in [-0.3, -0.25) is 9.69 Å². The smallest absolute Gasteiger partial charge is 0.320 e. The molecule has 0 bridgehead atoms. The van der Waals surface area contributed by atoms with Gasteiger partial charge in [-0.05, 0) is 56.8 Å². The van der Waals surface area contributed by atoms with E-state index >= 15 is 0 Å². The van der Waals surface area contributed by atoms with Crippen LogP contribution in [0.25, 0.3) is 0 Å². The molecule has 1 fully saturated rings. The molecule has 1 heterocycles. The molecule has 0 aliphatic carbocycles. The highest BCUT2D eigenvalue weighted by Crippen LogP contribution is 2.18. The highest BCUT2D eigenvalue weighted by molar-refractivity contribution is 5.73. The average Bonchev–Trinajstić information content (AvgIpc) is 2.42. The van der Waals surface area contributed by atoms with Crippen LogP contribution in [0.5, 0.6) is 0 Å². The third kappa shape index (κ3) is 3.80. The Morgan fingerprint density at radius 3 is 2.58 bits per heavy atom. The van der Waals surface area contributed by atoms with Gasteiger partial charge in [-0.25, -0.2) is 0 Å². The van der Waals surface area contributed by atoms with Crippen LogP contribution in [0.1, 0.15) is 36.8 Å². The third-order valence-electron chi connectivity index (χ3n) is 4.06. The van der Waals surface area contributed by atoms with Crippen molar-refractivity contribution in [3.8, 4) is 0 Å². The van der Waals surface area contributed by atoms with E-state index in [1.807, 2.05) is 12.1 Å². The summed E-state index contributed by atoms with van der Waals surface area (Å²) in [4.78, 5) is 13.6. The number of aliphatic carboxylic acids is 1. The molecule has 0 aromatic heterocycles. The molecule has 1 aliphatic rings. The molecular weight excluding hydrogens is 238 g/mol. The van der Waals surface area contributed by atoms with Crippen molar-refractivity contribution in [2.75, 3.05) is 13.1 Å². The van der Waals surface area contributed by atoms with E-state index in [1.54, 1.807) is 0 Å². The maximum Gasteiger partial charge on any atom is 0.320 e. The number of carbonyl (C=O) groups is 1. The number of rotatable bonds is 5. The maximum absolute atomic E-state index is 11.5. The van der Waals surface area contributed by atoms with Crippen molar-refractivity contribution in [3.05, 3.63) is 35.4 Å². The topological polar surface area (TPSA) is 40.5 Å². The number of carboxylic acids is 1. The molecule has 2 rings (SSSR count). The van der Waals surface area contributed by atoms with Crippen LogP contribution in [0.2, 0.25) is 0 Å². The molecule has 0 radical (unpaired) electrons. The van der Waals surface area contributed by atoms with Gasteiger partial charge >= 0.3 is 5.97 Å². The molecule has 19 heavy (non-hydrogen) atoms. The van der Waals surface area contributed by atoms with E-state index in [1.165, 1.54) is 17.5 Å². The van der Waals surface area contributed by atoms with Crippen LogP contribution >= 0.6 is 0 Å². The lowest BCUT2D eigenvalue weighted by Gasteiger charge is -2.32. The molecule has 3 nitrogen and oxygen atoms in total. The molecule has 1 atom stereocenters. The molecule has 1 saturated heterocycles. The number of piperidine rings is 1. The fourth-order valence-electron chi connectivity index (χ4n) is 2.88. The Hall–Kier alpha value is -1.35. The van der Waals surface area contributed by atoms with Crippen molar-refractivity contribution in [3.63, 3.8) is 0 Å². The molecule has 1 aliphatic heterocycles. The minimum atomic E-state index is -0.671. The number of carboxylic acid groups (broad SMARTS) is 1. The first kappa shape index (κ1) is 14.1. The number of likely N-dealkylation sites (tertiary alicyclic amines) is 1. The third-order valence-corrected chi connectivity index (χ3v) is 4.06. The molecule has 1 unspecified atom stereocenters. The normalized spacial score (nSPS) is 18.2. The molecule has 0 amide bonds. The first-order valence-corrected chi connectivity index (χ1v) is 7.20. The summed E-state index contributed by atoms with van der Waals surface area (Å²) in [6.45, 7) is 3.96. The van der Waals surface area contributed by atoms with E-state index < -0.39 is 5.97 Å². The summed E-state index contributed by atoms with van der Waals surface area (Å²) in [6.07, 6.45) is 5.06. The quantitative estimate of drug-likeness (QED) is 0.886. The largest absolute Gasteiger partial charge is 0.480 e. The Balaban J connectivity index is 1.97. The van der Waals surface area contributed by atoms with Crippen LogP contribution in [0.3, 0.4) is 0 Å². The van der Waals surface area contributed by atoms with Gasteiger partial charge in [-0.15, -0.1) is 0 Å². The van der Waals surface area contributed by atoms with Crippen molar-refractivity contribution in [2.24, 2.45) is 0 Å². The molecule has 0 spiro atoms. The summed E-state index contributed by atoms with van der Waals surface area (Å²) in [7, 11) is 0. The van der Waals surface area contributed by atoms with E-state index in [-0.39, 0.29) is 6.04 Å². The standard InChI is InChI=1S/C16H23NO2/c1-13-7-3-4-8-14(13)9-10-15(16(18)19)17-11-5-2-6-12-17/h3-4,7-8,15H,2,5-6,9-12H2,1H3,(H,18,19). The summed E-state index contributed by atoms with van der Waals surface area (Å²) in [6, 6.07) is 7.92. The second-order valence-corrected chi connectivity index (χ2v) is 5.42. The van der Waals surface area contributed by atoms with E-state index in [0.29, 0.717) is 6.42 Å². The Morgan fingerprint density at radius 1 is 1.26 bits per heavy atom. The van der Waals surface area contributed by atoms with Gasteiger partial charge in [0.05, 0.1) is 0 Å². The van der Waals surface area contributed by atoms with Gasteiger partial charge in [0, 0.05) is 0 Å². The molecule has 0 saturated carbocycles. The highest BCUT2D eigenvalue weighted by atomic mass is 16.4. The van der Waals surface area contributed by atoms with Gasteiger partial charge in [0.15, 0.2) is 0 Å². The maximum atomic E-state index is 11.5. The van der Waals surface area contributed by atoms with Crippen molar-refractivity contribution in [1.82, 2.24) is 4.90 Å². The SMILES string of the molecule is Cc1ccccc1CCC(C(=O)O)N1CCCCC1. The predicted molar refractivity (Wildman–Crippen MR) is 76.3 cm³/mol. The van der Waals surface area contributed by atoms with Crippen molar-refractivity contribution in [1.29, 1.82) is 0 Å². The van der Waals surface area contributed by atoms with E-state index in [0.717, 1.165) is 32.4 Å². The number of hydrogen-bond acceptors (Lipinski definition) is 2. The van der Waals surface area contributed by atoms with Gasteiger partial charge in [-0.1, -0.05) is 30.7 Å². The lowest BCUT2D eigenvalue weighted by atomic mass is 9.99. The van der Waals surface area contributed by atoms with Crippen LogP contribution in [0, 0.1) is 6.92 Å². The molecule has 3 heteroatoms. The van der Waals surface area contributed by atoms with Gasteiger partial charge in [-0.2, -0.15) is 0 Å². The van der Waals surface area contributed by atoms with Gasteiger partial charge < -0.3 is 5.11 Å². The monoisotopic (exact) mass is 261 g/mol. The first-order chi connectivity index (χ1) is 9.18. The summed E-state index contributed by atoms with van der Waals surface area (Å²) in [5.41, 5.74) is 2.52. The van der Waals surface area contributed by atoms with Crippen molar-refractivity contribution < 1.29 is 9.90 Å². The summed E-state index contributed by atoms with van der Waals surface area (Å²) >= 11 is 0. The molecule has 104 valence electrons. The molecule has 1 N–H and O–H groups in total.